The van der Waals surface area contributed by atoms with Gasteiger partial charge in [-0.2, -0.15) is 0 Å². The summed E-state index contributed by atoms with van der Waals surface area (Å²) in [5.41, 5.74) is 11.7. The van der Waals surface area contributed by atoms with Crippen LogP contribution in [0.1, 0.15) is 45.6 Å². The van der Waals surface area contributed by atoms with Gasteiger partial charge in [-0.3, -0.25) is 4.90 Å². The van der Waals surface area contributed by atoms with E-state index in [9.17, 15) is 0 Å². The van der Waals surface area contributed by atoms with Gasteiger partial charge >= 0.3 is 0 Å². The monoisotopic (exact) mass is 854 g/mol. The van der Waals surface area contributed by atoms with Gasteiger partial charge in [-0.15, -0.1) is 0 Å². The van der Waals surface area contributed by atoms with Gasteiger partial charge in [-0.05, 0) is 101 Å². The van der Waals surface area contributed by atoms with Crippen LogP contribution >= 0.6 is 11.8 Å². The number of benzene rings is 8. The largest absolute Gasteiger partial charge is 0.321 e. The van der Waals surface area contributed by atoms with Crippen molar-refractivity contribution in [2.24, 2.45) is 0 Å². The maximum Gasteiger partial charge on any atom is 0.137 e. The molecule has 11 rings (SSSR count). The van der Waals surface area contributed by atoms with E-state index in [2.05, 4.69) is 122 Å². The second-order valence-corrected chi connectivity index (χ2v) is 18.2. The molecule has 2 aliphatic heterocycles. The van der Waals surface area contributed by atoms with E-state index in [1.54, 1.807) is 30.0 Å². The van der Waals surface area contributed by atoms with E-state index >= 15 is 0 Å². The first kappa shape index (κ1) is 29.9. The van der Waals surface area contributed by atoms with Crippen LogP contribution in [0.25, 0.3) is 44.5 Å². The van der Waals surface area contributed by atoms with Crippen molar-refractivity contribution in [3.05, 3.63) is 217 Å². The number of fused-ring (bicyclic) bond motifs is 6. The molecular formula is C59H48N4S. The number of anilines is 7. The van der Waals surface area contributed by atoms with Crippen LogP contribution in [0.3, 0.4) is 0 Å². The molecule has 5 heteroatoms. The Kier molecular flexibility index (Phi) is 7.51. The van der Waals surface area contributed by atoms with E-state index in [-0.39, 0.29) is 34.3 Å². The fourth-order valence-corrected chi connectivity index (χ4v) is 9.77. The first-order chi connectivity index (χ1) is 35.4. The van der Waals surface area contributed by atoms with Crippen molar-refractivity contribution < 1.29 is 13.7 Å². The summed E-state index contributed by atoms with van der Waals surface area (Å²) in [5, 5.41) is 0. The smallest absolute Gasteiger partial charge is 0.137 e. The van der Waals surface area contributed by atoms with Gasteiger partial charge in [0.15, 0.2) is 0 Å². The molecule has 1 aromatic heterocycles. The van der Waals surface area contributed by atoms with Crippen LogP contribution in [0.2, 0.25) is 0 Å². The van der Waals surface area contributed by atoms with Crippen molar-refractivity contribution in [1.82, 2.24) is 4.98 Å². The maximum atomic E-state index is 9.08. The summed E-state index contributed by atoms with van der Waals surface area (Å²) in [6.45, 7) is 8.91. The van der Waals surface area contributed by atoms with Crippen LogP contribution < -0.4 is 14.7 Å². The fourth-order valence-electron chi connectivity index (χ4n) is 8.87. The normalized spacial score (nSPS) is 15.1. The van der Waals surface area contributed by atoms with Crippen molar-refractivity contribution in [1.29, 1.82) is 0 Å². The molecule has 64 heavy (non-hydrogen) atoms. The van der Waals surface area contributed by atoms with Gasteiger partial charge in [0, 0.05) is 43.9 Å². The third-order valence-electron chi connectivity index (χ3n) is 11.9. The van der Waals surface area contributed by atoms with Crippen LogP contribution in [0.5, 0.6) is 0 Å². The number of nitrogens with zero attached hydrogens (tertiary/aromatic N) is 4. The number of para-hydroxylation sites is 4. The first-order valence-corrected chi connectivity index (χ1v) is 22.0. The van der Waals surface area contributed by atoms with Crippen LogP contribution in [0.15, 0.2) is 216 Å². The lowest BCUT2D eigenvalue weighted by atomic mass is 9.87. The molecule has 0 aliphatic carbocycles. The zero-order valence-electron chi connectivity index (χ0n) is 45.8. The molecule has 0 fully saturated rings. The molecule has 0 saturated heterocycles. The second-order valence-electron chi connectivity index (χ2n) is 17.0. The lowest BCUT2D eigenvalue weighted by Gasteiger charge is -2.28. The average molecular weight is 855 g/mol. The number of hydrogen-bond acceptors (Lipinski definition) is 5. The summed E-state index contributed by atoms with van der Waals surface area (Å²) in [6.07, 6.45) is 1.90. The minimum Gasteiger partial charge on any atom is -0.321 e. The Labute approximate surface area is 395 Å². The first-order valence-electron chi connectivity index (χ1n) is 26.2. The zero-order chi connectivity index (χ0) is 52.1. The zero-order valence-corrected chi connectivity index (χ0v) is 36.6. The van der Waals surface area contributed by atoms with Crippen molar-refractivity contribution in [3.8, 4) is 44.5 Å². The van der Waals surface area contributed by atoms with E-state index < -0.39 is 60.4 Å². The number of aryl methyl sites for hydroxylation is 1. The Balaban J connectivity index is 1.03. The molecule has 9 aromatic rings. The van der Waals surface area contributed by atoms with Crippen LogP contribution in [-0.2, 0) is 5.41 Å². The summed E-state index contributed by atoms with van der Waals surface area (Å²) in [5.74, 6) is 0.819. The Hall–Kier alpha value is -7.34. The van der Waals surface area contributed by atoms with Crippen molar-refractivity contribution >= 4 is 51.7 Å². The van der Waals surface area contributed by atoms with Crippen molar-refractivity contribution in [3.63, 3.8) is 0 Å². The van der Waals surface area contributed by atoms with Gasteiger partial charge in [-0.25, -0.2) is 4.98 Å². The molecular weight excluding hydrogens is 797 g/mol. The highest BCUT2D eigenvalue weighted by Gasteiger charge is 2.32. The Morgan fingerprint density at radius 3 is 1.84 bits per heavy atom. The summed E-state index contributed by atoms with van der Waals surface area (Å²) in [6, 6.07) is 42.0. The summed E-state index contributed by atoms with van der Waals surface area (Å²) in [4.78, 5) is 13.3. The summed E-state index contributed by atoms with van der Waals surface area (Å²) in [7, 11) is 0. The maximum absolute atomic E-state index is 9.08. The van der Waals surface area contributed by atoms with E-state index in [1.807, 2.05) is 47.5 Å². The topological polar surface area (TPSA) is 22.6 Å². The molecule has 0 radical (unpaired) electrons. The summed E-state index contributed by atoms with van der Waals surface area (Å²) < 4.78 is 87.6. The van der Waals surface area contributed by atoms with E-state index in [0.29, 0.717) is 11.4 Å². The minimum absolute atomic E-state index is 0.0753. The molecule has 0 bridgehead atoms. The highest BCUT2D eigenvalue weighted by atomic mass is 32.2. The Morgan fingerprint density at radius 1 is 0.516 bits per heavy atom. The van der Waals surface area contributed by atoms with Gasteiger partial charge in [0.2, 0.25) is 0 Å². The predicted octanol–water partition coefficient (Wildman–Crippen LogP) is 16.5. The molecule has 8 aromatic carbocycles. The molecule has 0 spiro atoms. The summed E-state index contributed by atoms with van der Waals surface area (Å²) >= 11 is 1.63. The van der Waals surface area contributed by atoms with Crippen molar-refractivity contribution in [2.45, 2.75) is 42.9 Å². The molecule has 0 amide bonds. The van der Waals surface area contributed by atoms with Crippen LogP contribution in [0, 0.1) is 6.92 Å². The highest BCUT2D eigenvalue weighted by Crippen LogP contribution is 2.53. The predicted molar refractivity (Wildman–Crippen MR) is 270 cm³/mol. The number of aromatic nitrogens is 1. The number of pyridine rings is 1. The van der Waals surface area contributed by atoms with Gasteiger partial charge in [0.25, 0.3) is 0 Å². The van der Waals surface area contributed by atoms with E-state index in [1.165, 1.54) is 11.1 Å². The minimum atomic E-state index is -0.542. The molecule has 0 saturated carbocycles. The third-order valence-corrected chi connectivity index (χ3v) is 12.9. The molecule has 3 heterocycles. The standard InChI is InChI=1S/C59H48N4S/c1-40-29-31-49-51-32-30-46(38-56(51)63(53-26-12-11-23-50(53)52(49)35-40)57-36-43(33-34-60-57)59(2,3)4)64-45-22-15-21-44(37-45)61-39-62(55-28-14-13-27-54(55)61)58-47(41-17-7-5-8-18-41)24-16-25-48(58)42-19-9-6-10-20-42/h5-38H,39H2,1-4H3/i5D,6D,7D,8D,9D,10D,17D,18D,19D,20D. The van der Waals surface area contributed by atoms with Crippen LogP contribution in [0.4, 0.5) is 39.9 Å². The Bertz CT molecular complexity index is 3650. The molecule has 0 atom stereocenters. The third kappa shape index (κ3) is 7.12. The van der Waals surface area contributed by atoms with Gasteiger partial charge in [-0.1, -0.05) is 177 Å². The van der Waals surface area contributed by atoms with Gasteiger partial charge in [0.05, 0.1) is 42.1 Å². The molecule has 310 valence electrons. The quantitative estimate of drug-likeness (QED) is 0.159. The second kappa shape index (κ2) is 16.1. The van der Waals surface area contributed by atoms with E-state index in [0.717, 1.165) is 60.6 Å². The molecule has 0 unspecified atom stereocenters. The number of hydrogen-bond donors (Lipinski definition) is 0. The SMILES string of the molecule is [2H]c1c([2H])c([2H])c(-c2cccc(-c3c([2H])c([2H])c([2H])c([2H])c3[2H])c2N2CN(c3cccc(Sc4ccc5c(c4)N(c4cc(C(C)(C)C)ccn4)c4ccccc4-c4cc(C)ccc4-5)c3)c3ccccc32)c([2H])c1[2H]. The lowest BCUT2D eigenvalue weighted by Crippen LogP contribution is -2.25. The fraction of sp³-hybridized carbons (Fsp3) is 0.102. The van der Waals surface area contributed by atoms with Gasteiger partial charge < -0.3 is 9.80 Å². The average Bonchev–Trinajstić information content (AvgIpc) is 3.73. The van der Waals surface area contributed by atoms with E-state index in [4.69, 9.17) is 18.7 Å². The highest BCUT2D eigenvalue weighted by molar-refractivity contribution is 7.99. The van der Waals surface area contributed by atoms with Gasteiger partial charge in [0.1, 0.15) is 12.5 Å². The molecule has 2 aliphatic rings. The lowest BCUT2D eigenvalue weighted by molar-refractivity contribution is 0.589. The van der Waals surface area contributed by atoms with Crippen molar-refractivity contribution in [2.75, 3.05) is 21.4 Å². The molecule has 0 N–H and O–H groups in total. The molecule has 4 nitrogen and oxygen atoms in total. The number of rotatable bonds is 7. The van der Waals surface area contributed by atoms with Crippen LogP contribution in [-0.4, -0.2) is 11.7 Å². The Morgan fingerprint density at radius 2 is 1.12 bits per heavy atom.